The molecule has 0 radical (unpaired) electrons. The van der Waals surface area contributed by atoms with Crippen molar-refractivity contribution in [3.8, 4) is 5.75 Å². The molecule has 2 heterocycles. The SMILES string of the molecule is CCOc1ccc(C(=O)OC[C@@H]2CCC[N@@+]3(C)CCCC[C@@H]23)cc1. The second-order valence-electron chi connectivity index (χ2n) is 7.45. The van der Waals surface area contributed by atoms with Crippen LogP contribution in [0.5, 0.6) is 5.75 Å². The molecule has 1 aromatic rings. The molecule has 2 saturated heterocycles. The van der Waals surface area contributed by atoms with E-state index in [1.165, 1.54) is 49.7 Å². The number of hydrogen-bond donors (Lipinski definition) is 0. The number of quaternary nitrogens is 1. The first-order valence-corrected chi connectivity index (χ1v) is 9.36. The van der Waals surface area contributed by atoms with Gasteiger partial charge in [-0.1, -0.05) is 0 Å². The summed E-state index contributed by atoms with van der Waals surface area (Å²) in [6.45, 7) is 5.71. The van der Waals surface area contributed by atoms with Gasteiger partial charge in [0.2, 0.25) is 0 Å². The molecule has 3 rings (SSSR count). The van der Waals surface area contributed by atoms with E-state index in [1.54, 1.807) is 12.1 Å². The summed E-state index contributed by atoms with van der Waals surface area (Å²) in [5, 5.41) is 0. The zero-order valence-corrected chi connectivity index (χ0v) is 15.0. The van der Waals surface area contributed by atoms with E-state index in [0.717, 1.165) is 5.75 Å². The molecule has 0 amide bonds. The Morgan fingerprint density at radius 3 is 2.62 bits per heavy atom. The molecule has 0 saturated carbocycles. The molecule has 132 valence electrons. The van der Waals surface area contributed by atoms with Gasteiger partial charge >= 0.3 is 5.97 Å². The van der Waals surface area contributed by atoms with Crippen molar-refractivity contribution in [3.63, 3.8) is 0 Å². The Hall–Kier alpha value is -1.55. The van der Waals surface area contributed by atoms with Crippen molar-refractivity contribution in [2.45, 2.75) is 45.1 Å². The molecule has 4 nitrogen and oxygen atoms in total. The number of fused-ring (bicyclic) bond motifs is 1. The lowest BCUT2D eigenvalue weighted by Gasteiger charge is -2.51. The zero-order valence-electron chi connectivity index (χ0n) is 15.0. The lowest BCUT2D eigenvalue weighted by Crippen LogP contribution is -2.61. The van der Waals surface area contributed by atoms with E-state index in [4.69, 9.17) is 9.47 Å². The average molecular weight is 332 g/mol. The fourth-order valence-electron chi connectivity index (χ4n) is 4.55. The van der Waals surface area contributed by atoms with E-state index < -0.39 is 0 Å². The van der Waals surface area contributed by atoms with Crippen molar-refractivity contribution in [3.05, 3.63) is 29.8 Å². The summed E-state index contributed by atoms with van der Waals surface area (Å²) < 4.78 is 12.3. The minimum Gasteiger partial charge on any atom is -0.494 e. The monoisotopic (exact) mass is 332 g/mol. The van der Waals surface area contributed by atoms with Crippen LogP contribution in [0.2, 0.25) is 0 Å². The van der Waals surface area contributed by atoms with Gasteiger partial charge in [-0.05, 0) is 56.9 Å². The maximum atomic E-state index is 12.3. The van der Waals surface area contributed by atoms with Crippen LogP contribution < -0.4 is 4.74 Å². The molecule has 0 aromatic heterocycles. The largest absolute Gasteiger partial charge is 0.494 e. The van der Waals surface area contributed by atoms with Crippen LogP contribution >= 0.6 is 0 Å². The van der Waals surface area contributed by atoms with E-state index in [0.29, 0.717) is 30.7 Å². The molecule has 4 heteroatoms. The van der Waals surface area contributed by atoms with Crippen LogP contribution in [-0.4, -0.2) is 49.8 Å². The number of rotatable bonds is 5. The number of ether oxygens (including phenoxy) is 2. The fraction of sp³-hybridized carbons (Fsp3) is 0.650. The highest BCUT2D eigenvalue weighted by Gasteiger charge is 2.43. The summed E-state index contributed by atoms with van der Waals surface area (Å²) in [6, 6.07) is 7.90. The van der Waals surface area contributed by atoms with E-state index in [-0.39, 0.29) is 5.97 Å². The van der Waals surface area contributed by atoms with E-state index in [1.807, 2.05) is 19.1 Å². The van der Waals surface area contributed by atoms with Gasteiger partial charge in [-0.15, -0.1) is 0 Å². The summed E-state index contributed by atoms with van der Waals surface area (Å²) in [5.41, 5.74) is 0.607. The van der Waals surface area contributed by atoms with Gasteiger partial charge in [-0.2, -0.15) is 0 Å². The minimum absolute atomic E-state index is 0.214. The summed E-state index contributed by atoms with van der Waals surface area (Å²) in [4.78, 5) is 12.3. The quantitative estimate of drug-likeness (QED) is 0.610. The Morgan fingerprint density at radius 2 is 1.88 bits per heavy atom. The number of piperidine rings is 2. The lowest BCUT2D eigenvalue weighted by atomic mass is 9.82. The summed E-state index contributed by atoms with van der Waals surface area (Å²) in [5.74, 6) is 1.08. The van der Waals surface area contributed by atoms with Gasteiger partial charge in [0, 0.05) is 12.3 Å². The van der Waals surface area contributed by atoms with Crippen LogP contribution in [0.1, 0.15) is 49.4 Å². The van der Waals surface area contributed by atoms with Crippen molar-refractivity contribution in [1.29, 1.82) is 0 Å². The number of esters is 1. The van der Waals surface area contributed by atoms with Crippen molar-refractivity contribution in [2.24, 2.45) is 5.92 Å². The number of nitrogens with zero attached hydrogens (tertiary/aromatic N) is 1. The average Bonchev–Trinajstić information content (AvgIpc) is 2.60. The van der Waals surface area contributed by atoms with Gasteiger partial charge < -0.3 is 14.0 Å². The van der Waals surface area contributed by atoms with Gasteiger partial charge in [0.15, 0.2) is 0 Å². The Labute approximate surface area is 145 Å². The second-order valence-corrected chi connectivity index (χ2v) is 7.45. The smallest absolute Gasteiger partial charge is 0.338 e. The molecule has 2 aliphatic rings. The summed E-state index contributed by atoms with van der Waals surface area (Å²) in [6.07, 6.45) is 6.38. The summed E-state index contributed by atoms with van der Waals surface area (Å²) >= 11 is 0. The Bertz CT molecular complexity index is 553. The molecule has 3 atom stereocenters. The molecular formula is C20H30NO3+. The highest BCUT2D eigenvalue weighted by molar-refractivity contribution is 5.89. The third kappa shape index (κ3) is 3.75. The van der Waals surface area contributed by atoms with Gasteiger partial charge in [0.05, 0.1) is 38.3 Å². The van der Waals surface area contributed by atoms with Gasteiger partial charge in [0.1, 0.15) is 12.4 Å². The molecule has 0 aliphatic carbocycles. The summed E-state index contributed by atoms with van der Waals surface area (Å²) in [7, 11) is 2.39. The predicted octanol–water partition coefficient (Wildman–Crippen LogP) is 3.65. The predicted molar refractivity (Wildman–Crippen MR) is 94.2 cm³/mol. The van der Waals surface area contributed by atoms with Crippen LogP contribution in [0.25, 0.3) is 0 Å². The van der Waals surface area contributed by atoms with Crippen molar-refractivity contribution < 1.29 is 18.8 Å². The van der Waals surface area contributed by atoms with Crippen LogP contribution in [0.3, 0.4) is 0 Å². The molecular weight excluding hydrogens is 302 g/mol. The van der Waals surface area contributed by atoms with Crippen LogP contribution in [0.4, 0.5) is 0 Å². The number of carbonyl (C=O) groups excluding carboxylic acids is 1. The first-order valence-electron chi connectivity index (χ1n) is 9.36. The third-order valence-electron chi connectivity index (χ3n) is 5.84. The third-order valence-corrected chi connectivity index (χ3v) is 5.84. The Kier molecular flexibility index (Phi) is 5.44. The number of hydrogen-bond acceptors (Lipinski definition) is 3. The van der Waals surface area contributed by atoms with Gasteiger partial charge in [0.25, 0.3) is 0 Å². The molecule has 2 aliphatic heterocycles. The number of benzene rings is 1. The van der Waals surface area contributed by atoms with E-state index in [2.05, 4.69) is 7.05 Å². The highest BCUT2D eigenvalue weighted by atomic mass is 16.5. The molecule has 0 spiro atoms. The maximum absolute atomic E-state index is 12.3. The van der Waals surface area contributed by atoms with Crippen LogP contribution in [-0.2, 0) is 4.74 Å². The Balaban J connectivity index is 1.57. The first-order chi connectivity index (χ1) is 11.6. The standard InChI is InChI=1S/C20H30NO3/c1-3-23-18-11-9-16(10-12-18)20(22)24-15-17-7-6-14-21(2)13-5-4-8-19(17)21/h9-12,17,19H,3-8,13-15H2,1-2H3/q+1/t17-,19-,21+/m0/s1. The normalized spacial score (nSPS) is 29.6. The minimum atomic E-state index is -0.214. The zero-order chi connectivity index (χ0) is 17.0. The molecule has 2 fully saturated rings. The maximum Gasteiger partial charge on any atom is 0.338 e. The van der Waals surface area contributed by atoms with Crippen molar-refractivity contribution >= 4 is 5.97 Å². The molecule has 0 N–H and O–H groups in total. The first kappa shape index (κ1) is 17.3. The Morgan fingerprint density at radius 1 is 1.12 bits per heavy atom. The number of carbonyl (C=O) groups is 1. The van der Waals surface area contributed by atoms with E-state index in [9.17, 15) is 4.79 Å². The molecule has 1 aromatic carbocycles. The molecule has 24 heavy (non-hydrogen) atoms. The van der Waals surface area contributed by atoms with Gasteiger partial charge in [-0.25, -0.2) is 4.79 Å². The van der Waals surface area contributed by atoms with E-state index >= 15 is 0 Å². The van der Waals surface area contributed by atoms with Crippen LogP contribution in [0.15, 0.2) is 24.3 Å². The molecule has 0 unspecified atom stereocenters. The van der Waals surface area contributed by atoms with Gasteiger partial charge in [-0.3, -0.25) is 0 Å². The van der Waals surface area contributed by atoms with Crippen molar-refractivity contribution in [1.82, 2.24) is 0 Å². The highest BCUT2D eigenvalue weighted by Crippen LogP contribution is 2.36. The van der Waals surface area contributed by atoms with Crippen molar-refractivity contribution in [2.75, 3.05) is 33.4 Å². The van der Waals surface area contributed by atoms with Crippen LogP contribution in [0, 0.1) is 5.92 Å². The second kappa shape index (κ2) is 7.56. The lowest BCUT2D eigenvalue weighted by molar-refractivity contribution is -0.947. The molecule has 0 bridgehead atoms. The fourth-order valence-corrected chi connectivity index (χ4v) is 4.55. The topological polar surface area (TPSA) is 35.5 Å².